The highest BCUT2D eigenvalue weighted by Gasteiger charge is 2.21. The number of carbonyl (C=O) groups is 2. The van der Waals surface area contributed by atoms with E-state index < -0.39 is 6.04 Å². The van der Waals surface area contributed by atoms with Crippen LogP contribution in [-0.4, -0.2) is 24.0 Å². The fourth-order valence-electron chi connectivity index (χ4n) is 2.77. The molecule has 1 amide bonds. The average Bonchev–Trinajstić information content (AvgIpc) is 3.22. The first-order valence-electron chi connectivity index (χ1n) is 8.52. The van der Waals surface area contributed by atoms with Crippen LogP contribution in [0, 0.1) is 6.92 Å². The molecule has 3 rings (SSSR count). The van der Waals surface area contributed by atoms with Gasteiger partial charge in [0, 0.05) is 10.4 Å². The first-order chi connectivity index (χ1) is 13.1. The van der Waals surface area contributed by atoms with E-state index in [0.29, 0.717) is 11.3 Å². The van der Waals surface area contributed by atoms with Gasteiger partial charge >= 0.3 is 5.97 Å². The Morgan fingerprint density at radius 3 is 2.52 bits per heavy atom. The van der Waals surface area contributed by atoms with Crippen molar-refractivity contribution in [3.63, 3.8) is 0 Å². The van der Waals surface area contributed by atoms with Gasteiger partial charge < -0.3 is 10.1 Å². The zero-order chi connectivity index (χ0) is 19.2. The van der Waals surface area contributed by atoms with Gasteiger partial charge in [0.05, 0.1) is 36.5 Å². The maximum absolute atomic E-state index is 12.8. The second-order valence-corrected chi connectivity index (χ2v) is 7.00. The number of rotatable bonds is 6. The SMILES string of the molecule is COC(=O)CC(NC(=O)c1ccc(-c2ccccc2)nc1C)c1cccs1. The van der Waals surface area contributed by atoms with Gasteiger partial charge in [0.2, 0.25) is 0 Å². The number of methoxy groups -OCH3 is 1. The van der Waals surface area contributed by atoms with Crippen molar-refractivity contribution < 1.29 is 14.3 Å². The molecule has 6 heteroatoms. The summed E-state index contributed by atoms with van der Waals surface area (Å²) < 4.78 is 4.76. The van der Waals surface area contributed by atoms with Gasteiger partial charge in [-0.2, -0.15) is 0 Å². The summed E-state index contributed by atoms with van der Waals surface area (Å²) in [5.41, 5.74) is 2.93. The van der Waals surface area contributed by atoms with Crippen molar-refractivity contribution in [2.75, 3.05) is 7.11 Å². The number of benzene rings is 1. The van der Waals surface area contributed by atoms with Crippen LogP contribution in [0.3, 0.4) is 0 Å². The Labute approximate surface area is 162 Å². The third kappa shape index (κ3) is 4.60. The van der Waals surface area contributed by atoms with E-state index in [4.69, 9.17) is 4.74 Å². The number of pyridine rings is 1. The predicted molar refractivity (Wildman–Crippen MR) is 106 cm³/mol. The van der Waals surface area contributed by atoms with Crippen molar-refractivity contribution in [1.29, 1.82) is 0 Å². The Morgan fingerprint density at radius 1 is 1.11 bits per heavy atom. The number of amides is 1. The summed E-state index contributed by atoms with van der Waals surface area (Å²) in [5.74, 6) is -0.634. The summed E-state index contributed by atoms with van der Waals surface area (Å²) in [5, 5.41) is 4.84. The standard InChI is InChI=1S/C21H20N2O3S/c1-14-16(10-11-17(22-14)15-7-4-3-5-8-15)21(25)23-18(13-20(24)26-2)19-9-6-12-27-19/h3-12,18H,13H2,1-2H3,(H,23,25). The highest BCUT2D eigenvalue weighted by atomic mass is 32.1. The minimum Gasteiger partial charge on any atom is -0.469 e. The van der Waals surface area contributed by atoms with Crippen LogP contribution >= 0.6 is 11.3 Å². The maximum Gasteiger partial charge on any atom is 0.307 e. The molecule has 0 aliphatic rings. The lowest BCUT2D eigenvalue weighted by molar-refractivity contribution is -0.141. The monoisotopic (exact) mass is 380 g/mol. The van der Waals surface area contributed by atoms with E-state index in [1.165, 1.54) is 18.4 Å². The van der Waals surface area contributed by atoms with Gasteiger partial charge in [-0.05, 0) is 30.5 Å². The van der Waals surface area contributed by atoms with Crippen molar-refractivity contribution in [2.45, 2.75) is 19.4 Å². The van der Waals surface area contributed by atoms with Gasteiger partial charge in [0.25, 0.3) is 5.91 Å². The van der Waals surface area contributed by atoms with E-state index in [-0.39, 0.29) is 18.3 Å². The minimum atomic E-state index is -0.432. The normalized spacial score (nSPS) is 11.6. The van der Waals surface area contributed by atoms with Gasteiger partial charge in [-0.25, -0.2) is 0 Å². The third-order valence-electron chi connectivity index (χ3n) is 4.19. The molecular weight excluding hydrogens is 360 g/mol. The molecule has 2 heterocycles. The molecule has 2 aromatic heterocycles. The van der Waals surface area contributed by atoms with E-state index >= 15 is 0 Å². The van der Waals surface area contributed by atoms with Gasteiger partial charge in [0.1, 0.15) is 0 Å². The molecule has 0 saturated heterocycles. The number of ether oxygens (including phenoxy) is 1. The van der Waals surface area contributed by atoms with Gasteiger partial charge in [-0.1, -0.05) is 36.4 Å². The molecule has 0 aliphatic carbocycles. The van der Waals surface area contributed by atoms with E-state index in [2.05, 4.69) is 10.3 Å². The molecular formula is C21H20N2O3S. The Morgan fingerprint density at radius 2 is 1.89 bits per heavy atom. The number of aryl methyl sites for hydroxylation is 1. The first-order valence-corrected chi connectivity index (χ1v) is 9.40. The van der Waals surface area contributed by atoms with Crippen molar-refractivity contribution in [2.24, 2.45) is 0 Å². The van der Waals surface area contributed by atoms with Crippen LogP contribution in [0.4, 0.5) is 0 Å². The van der Waals surface area contributed by atoms with Crippen LogP contribution in [0.25, 0.3) is 11.3 Å². The van der Waals surface area contributed by atoms with Crippen molar-refractivity contribution in [3.8, 4) is 11.3 Å². The summed E-state index contributed by atoms with van der Waals surface area (Å²) in [6.07, 6.45) is 0.0807. The Kier molecular flexibility index (Phi) is 5.98. The lowest BCUT2D eigenvalue weighted by Gasteiger charge is -2.17. The number of hydrogen-bond donors (Lipinski definition) is 1. The quantitative estimate of drug-likeness (QED) is 0.652. The molecule has 27 heavy (non-hydrogen) atoms. The Hall–Kier alpha value is -2.99. The molecule has 0 aliphatic heterocycles. The van der Waals surface area contributed by atoms with Gasteiger partial charge in [-0.3, -0.25) is 14.6 Å². The number of thiophene rings is 1. The molecule has 0 spiro atoms. The van der Waals surface area contributed by atoms with Crippen LogP contribution in [0.15, 0.2) is 60.0 Å². The van der Waals surface area contributed by atoms with Gasteiger partial charge in [-0.15, -0.1) is 11.3 Å². The predicted octanol–water partition coefficient (Wildman–Crippen LogP) is 4.15. The second kappa shape index (κ2) is 8.60. The van der Waals surface area contributed by atoms with E-state index in [1.807, 2.05) is 60.8 Å². The lowest BCUT2D eigenvalue weighted by atomic mass is 10.1. The van der Waals surface area contributed by atoms with Crippen LogP contribution in [-0.2, 0) is 9.53 Å². The summed E-state index contributed by atoms with van der Waals surface area (Å²) in [7, 11) is 1.34. The molecule has 5 nitrogen and oxygen atoms in total. The van der Waals surface area contributed by atoms with Crippen LogP contribution in [0.2, 0.25) is 0 Å². The topological polar surface area (TPSA) is 68.3 Å². The molecule has 0 saturated carbocycles. The Balaban J connectivity index is 1.81. The number of carbonyl (C=O) groups excluding carboxylic acids is 2. The van der Waals surface area contributed by atoms with Crippen molar-refractivity contribution >= 4 is 23.2 Å². The summed E-state index contributed by atoms with van der Waals surface area (Å²) >= 11 is 1.49. The molecule has 3 aromatic rings. The number of aromatic nitrogens is 1. The summed E-state index contributed by atoms with van der Waals surface area (Å²) in [6.45, 7) is 1.81. The smallest absolute Gasteiger partial charge is 0.307 e. The highest BCUT2D eigenvalue weighted by Crippen LogP contribution is 2.24. The second-order valence-electron chi connectivity index (χ2n) is 6.02. The Bertz CT molecular complexity index is 924. The van der Waals surface area contributed by atoms with E-state index in [9.17, 15) is 9.59 Å². The fourth-order valence-corrected chi connectivity index (χ4v) is 3.55. The van der Waals surface area contributed by atoms with Crippen LogP contribution < -0.4 is 5.32 Å². The van der Waals surface area contributed by atoms with Crippen molar-refractivity contribution in [1.82, 2.24) is 10.3 Å². The molecule has 1 atom stereocenters. The molecule has 0 radical (unpaired) electrons. The largest absolute Gasteiger partial charge is 0.469 e. The molecule has 0 fully saturated rings. The van der Waals surface area contributed by atoms with Gasteiger partial charge in [0.15, 0.2) is 0 Å². The summed E-state index contributed by atoms with van der Waals surface area (Å²) in [6, 6.07) is 16.7. The molecule has 1 N–H and O–H groups in total. The molecule has 1 unspecified atom stereocenters. The summed E-state index contributed by atoms with van der Waals surface area (Å²) in [4.78, 5) is 30.0. The van der Waals surface area contributed by atoms with Crippen LogP contribution in [0.5, 0.6) is 0 Å². The number of nitrogens with one attached hydrogen (secondary N) is 1. The molecule has 1 aromatic carbocycles. The number of esters is 1. The van der Waals surface area contributed by atoms with E-state index in [0.717, 1.165) is 16.1 Å². The van der Waals surface area contributed by atoms with E-state index in [1.54, 1.807) is 6.07 Å². The number of hydrogen-bond acceptors (Lipinski definition) is 5. The molecule has 0 bridgehead atoms. The third-order valence-corrected chi connectivity index (χ3v) is 5.18. The minimum absolute atomic E-state index is 0.0807. The fraction of sp³-hybridized carbons (Fsp3) is 0.190. The number of nitrogens with zero attached hydrogens (tertiary/aromatic N) is 1. The average molecular weight is 380 g/mol. The zero-order valence-corrected chi connectivity index (χ0v) is 16.0. The zero-order valence-electron chi connectivity index (χ0n) is 15.1. The maximum atomic E-state index is 12.8. The highest BCUT2D eigenvalue weighted by molar-refractivity contribution is 7.10. The lowest BCUT2D eigenvalue weighted by Crippen LogP contribution is -2.30. The molecule has 138 valence electrons. The van der Waals surface area contributed by atoms with Crippen molar-refractivity contribution in [3.05, 3.63) is 76.1 Å². The first kappa shape index (κ1) is 18.8. The van der Waals surface area contributed by atoms with Crippen LogP contribution in [0.1, 0.15) is 33.4 Å².